The third-order valence-electron chi connectivity index (χ3n) is 3.30. The van der Waals surface area contributed by atoms with Gasteiger partial charge in [-0.3, -0.25) is 15.1 Å². The van der Waals surface area contributed by atoms with Crippen LogP contribution in [0.2, 0.25) is 5.15 Å². The van der Waals surface area contributed by atoms with Crippen LogP contribution in [0.5, 0.6) is 0 Å². The Hall–Kier alpha value is -2.93. The molecule has 3 aromatic rings. The summed E-state index contributed by atoms with van der Waals surface area (Å²) >= 11 is 5.82. The van der Waals surface area contributed by atoms with Gasteiger partial charge in [0.2, 0.25) is 5.82 Å². The minimum atomic E-state index is -0.578. The Labute approximate surface area is 136 Å². The third kappa shape index (κ3) is 3.14. The number of nitrogen functional groups attached to an aromatic ring is 1. The van der Waals surface area contributed by atoms with Gasteiger partial charge < -0.3 is 11.1 Å². The number of rotatable bonds is 4. The molecule has 0 atom stereocenters. The van der Waals surface area contributed by atoms with E-state index in [4.69, 9.17) is 17.3 Å². The summed E-state index contributed by atoms with van der Waals surface area (Å²) in [4.78, 5) is 18.8. The molecule has 0 radical (unpaired) electrons. The molecule has 0 spiro atoms. The zero-order chi connectivity index (χ0) is 16.4. The van der Waals surface area contributed by atoms with Crippen LogP contribution in [-0.4, -0.2) is 14.9 Å². The van der Waals surface area contributed by atoms with E-state index in [0.717, 1.165) is 16.5 Å². The lowest BCUT2D eigenvalue weighted by Crippen LogP contribution is -2.07. The van der Waals surface area contributed by atoms with Crippen LogP contribution in [0, 0.1) is 10.1 Å². The van der Waals surface area contributed by atoms with Gasteiger partial charge in [-0.1, -0.05) is 23.7 Å². The fourth-order valence-electron chi connectivity index (χ4n) is 2.26. The van der Waals surface area contributed by atoms with Crippen LogP contribution in [0.4, 0.5) is 17.2 Å². The van der Waals surface area contributed by atoms with Crippen LogP contribution in [0.15, 0.2) is 42.6 Å². The molecule has 0 amide bonds. The van der Waals surface area contributed by atoms with Crippen molar-refractivity contribution < 1.29 is 4.92 Å². The summed E-state index contributed by atoms with van der Waals surface area (Å²) in [5.74, 6) is 0.0475. The summed E-state index contributed by atoms with van der Waals surface area (Å²) in [6.45, 7) is 0.346. The van der Waals surface area contributed by atoms with E-state index in [0.29, 0.717) is 6.54 Å². The number of benzene rings is 1. The first-order valence-corrected chi connectivity index (χ1v) is 7.10. The lowest BCUT2D eigenvalue weighted by atomic mass is 10.1. The molecule has 0 unspecified atom stereocenters. The van der Waals surface area contributed by atoms with Crippen LogP contribution in [0.1, 0.15) is 5.56 Å². The number of hydrogen-bond acceptors (Lipinski definition) is 6. The Kier molecular flexibility index (Phi) is 3.94. The van der Waals surface area contributed by atoms with Gasteiger partial charge in [0.1, 0.15) is 10.8 Å². The number of pyridine rings is 2. The van der Waals surface area contributed by atoms with Gasteiger partial charge in [-0.15, -0.1) is 0 Å². The van der Waals surface area contributed by atoms with Gasteiger partial charge in [0, 0.05) is 24.2 Å². The van der Waals surface area contributed by atoms with E-state index < -0.39 is 4.92 Å². The number of nitrogens with one attached hydrogen (secondary N) is 1. The monoisotopic (exact) mass is 329 g/mol. The second-order valence-corrected chi connectivity index (χ2v) is 5.26. The van der Waals surface area contributed by atoms with Crippen LogP contribution in [0.25, 0.3) is 10.9 Å². The Bertz CT molecular complexity index is 900. The Morgan fingerprint density at radius 2 is 2.13 bits per heavy atom. The van der Waals surface area contributed by atoms with Crippen LogP contribution in [0.3, 0.4) is 0 Å². The van der Waals surface area contributed by atoms with E-state index in [9.17, 15) is 10.1 Å². The van der Waals surface area contributed by atoms with Crippen LogP contribution >= 0.6 is 11.6 Å². The smallest absolute Gasteiger partial charge is 0.334 e. The number of aromatic nitrogens is 2. The largest absolute Gasteiger partial charge is 0.393 e. The molecule has 0 bridgehead atoms. The Balaban J connectivity index is 1.88. The van der Waals surface area contributed by atoms with Crippen LogP contribution in [-0.2, 0) is 6.54 Å². The maximum absolute atomic E-state index is 11.1. The highest BCUT2D eigenvalue weighted by Gasteiger charge is 2.20. The summed E-state index contributed by atoms with van der Waals surface area (Å²) < 4.78 is 0. The van der Waals surface area contributed by atoms with Crippen molar-refractivity contribution in [2.75, 3.05) is 11.1 Å². The van der Waals surface area contributed by atoms with Crippen molar-refractivity contribution in [1.82, 2.24) is 9.97 Å². The molecule has 0 fully saturated rings. The van der Waals surface area contributed by atoms with Gasteiger partial charge in [-0.2, -0.15) is 0 Å². The van der Waals surface area contributed by atoms with Crippen molar-refractivity contribution >= 4 is 39.7 Å². The molecule has 0 aliphatic rings. The summed E-state index contributed by atoms with van der Waals surface area (Å²) in [5.41, 5.74) is 7.16. The molecular weight excluding hydrogens is 318 g/mol. The van der Waals surface area contributed by atoms with Crippen LogP contribution < -0.4 is 11.1 Å². The molecule has 3 rings (SSSR count). The van der Waals surface area contributed by atoms with E-state index >= 15 is 0 Å². The first-order valence-electron chi connectivity index (χ1n) is 6.72. The van der Waals surface area contributed by atoms with E-state index in [-0.39, 0.29) is 22.3 Å². The first kappa shape index (κ1) is 15.0. The van der Waals surface area contributed by atoms with E-state index in [1.807, 2.05) is 30.3 Å². The predicted octanol–water partition coefficient (Wildman–Crippen LogP) is 3.39. The molecule has 7 nitrogen and oxygen atoms in total. The first-order chi connectivity index (χ1) is 11.0. The number of halogens is 1. The summed E-state index contributed by atoms with van der Waals surface area (Å²) in [7, 11) is 0. The maximum atomic E-state index is 11.1. The average Bonchev–Trinajstić information content (AvgIpc) is 2.51. The van der Waals surface area contributed by atoms with Gasteiger partial charge in [0.05, 0.1) is 10.4 Å². The number of hydrogen-bond donors (Lipinski definition) is 2. The van der Waals surface area contributed by atoms with Crippen molar-refractivity contribution in [2.24, 2.45) is 0 Å². The Morgan fingerprint density at radius 1 is 1.30 bits per heavy atom. The third-order valence-corrected chi connectivity index (χ3v) is 3.49. The number of fused-ring (bicyclic) bond motifs is 1. The summed E-state index contributed by atoms with van der Waals surface area (Å²) in [5, 5.41) is 15.1. The number of nitrogens with two attached hydrogens (primary N) is 1. The molecule has 8 heteroatoms. The molecule has 23 heavy (non-hydrogen) atoms. The minimum absolute atomic E-state index is 0.0276. The fourth-order valence-corrected chi connectivity index (χ4v) is 2.46. The molecule has 1 aromatic carbocycles. The lowest BCUT2D eigenvalue weighted by molar-refractivity contribution is -0.383. The minimum Gasteiger partial charge on any atom is -0.393 e. The average molecular weight is 330 g/mol. The van der Waals surface area contributed by atoms with Gasteiger partial charge in [-0.25, -0.2) is 4.98 Å². The SMILES string of the molecule is Nc1cc(Cl)nc(NCc2ccc3ncccc3c2)c1[N+](=O)[O-]. The quantitative estimate of drug-likeness (QED) is 0.431. The molecule has 116 valence electrons. The lowest BCUT2D eigenvalue weighted by Gasteiger charge is -2.09. The number of nitro groups is 1. The summed E-state index contributed by atoms with van der Waals surface area (Å²) in [6.07, 6.45) is 1.72. The molecule has 2 aromatic heterocycles. The van der Waals surface area contributed by atoms with E-state index in [1.54, 1.807) is 6.20 Å². The van der Waals surface area contributed by atoms with Crippen molar-refractivity contribution in [2.45, 2.75) is 6.54 Å². The van der Waals surface area contributed by atoms with Gasteiger partial charge in [0.25, 0.3) is 0 Å². The highest BCUT2D eigenvalue weighted by Crippen LogP contribution is 2.31. The number of anilines is 2. The van der Waals surface area contributed by atoms with Crippen molar-refractivity contribution in [3.63, 3.8) is 0 Å². The van der Waals surface area contributed by atoms with Crippen molar-refractivity contribution in [3.05, 3.63) is 63.4 Å². The van der Waals surface area contributed by atoms with Gasteiger partial charge in [0.15, 0.2) is 0 Å². The highest BCUT2D eigenvalue weighted by molar-refractivity contribution is 6.30. The zero-order valence-electron chi connectivity index (χ0n) is 11.9. The molecule has 2 heterocycles. The molecule has 0 saturated carbocycles. The Morgan fingerprint density at radius 3 is 2.91 bits per heavy atom. The van der Waals surface area contributed by atoms with Gasteiger partial charge in [-0.05, 0) is 23.8 Å². The second kappa shape index (κ2) is 6.05. The number of nitrogens with zero attached hydrogens (tertiary/aromatic N) is 3. The standard InChI is InChI=1S/C15H12ClN5O2/c16-13-7-11(17)14(21(22)23)15(20-13)19-8-9-3-4-12-10(6-9)2-1-5-18-12/h1-7H,8H2,(H3,17,19,20). The zero-order valence-corrected chi connectivity index (χ0v) is 12.6. The molecule has 0 aliphatic carbocycles. The molecule has 0 aliphatic heterocycles. The van der Waals surface area contributed by atoms with E-state index in [1.165, 1.54) is 6.07 Å². The van der Waals surface area contributed by atoms with Crippen molar-refractivity contribution in [1.29, 1.82) is 0 Å². The normalized spacial score (nSPS) is 10.7. The molecule has 0 saturated heterocycles. The molecule has 3 N–H and O–H groups in total. The molecular formula is C15H12ClN5O2. The van der Waals surface area contributed by atoms with Gasteiger partial charge >= 0.3 is 5.69 Å². The topological polar surface area (TPSA) is 107 Å². The second-order valence-electron chi connectivity index (χ2n) is 4.87. The fraction of sp³-hybridized carbons (Fsp3) is 0.0667. The highest BCUT2D eigenvalue weighted by atomic mass is 35.5. The predicted molar refractivity (Wildman–Crippen MR) is 89.4 cm³/mol. The summed E-state index contributed by atoms with van der Waals surface area (Å²) in [6, 6.07) is 10.8. The maximum Gasteiger partial charge on any atom is 0.334 e. The van der Waals surface area contributed by atoms with E-state index in [2.05, 4.69) is 15.3 Å². The van der Waals surface area contributed by atoms with Crippen molar-refractivity contribution in [3.8, 4) is 0 Å².